The molecule has 0 radical (unpaired) electrons. The van der Waals surface area contributed by atoms with Crippen molar-refractivity contribution in [3.63, 3.8) is 0 Å². The fourth-order valence-electron chi connectivity index (χ4n) is 3.82. The second-order valence-corrected chi connectivity index (χ2v) is 9.28. The van der Waals surface area contributed by atoms with Crippen molar-refractivity contribution in [1.29, 1.82) is 0 Å². The molecule has 134 valence electrons. The normalized spacial score (nSPS) is 27.9. The average Bonchev–Trinajstić information content (AvgIpc) is 2.94. The third kappa shape index (κ3) is 3.63. The summed E-state index contributed by atoms with van der Waals surface area (Å²) in [4.78, 5) is 26.6. The number of carbonyl (C=O) groups excluding carboxylic acids is 2. The first kappa shape index (κ1) is 17.4. The third-order valence-corrected chi connectivity index (χ3v) is 7.05. The van der Waals surface area contributed by atoms with Gasteiger partial charge in [0.15, 0.2) is 9.84 Å². The van der Waals surface area contributed by atoms with Gasteiger partial charge in [-0.15, -0.1) is 0 Å². The van der Waals surface area contributed by atoms with E-state index in [1.54, 1.807) is 4.90 Å². The molecule has 2 aliphatic heterocycles. The highest BCUT2D eigenvalue weighted by Gasteiger charge is 2.38. The number of amides is 2. The molecule has 0 aromatic carbocycles. The lowest BCUT2D eigenvalue weighted by molar-refractivity contribution is -0.134. The monoisotopic (exact) mass is 355 g/mol. The van der Waals surface area contributed by atoms with Crippen LogP contribution in [0.3, 0.4) is 0 Å². The van der Waals surface area contributed by atoms with Crippen LogP contribution in [0.25, 0.3) is 0 Å². The Balaban J connectivity index is 1.73. The van der Waals surface area contributed by atoms with Crippen molar-refractivity contribution in [2.45, 2.75) is 63.5 Å². The van der Waals surface area contributed by atoms with Crippen molar-refractivity contribution >= 4 is 27.4 Å². The highest BCUT2D eigenvalue weighted by Crippen LogP contribution is 2.25. The number of sulfone groups is 1. The van der Waals surface area contributed by atoms with Gasteiger partial charge in [-0.05, 0) is 19.3 Å². The van der Waals surface area contributed by atoms with E-state index in [-0.39, 0.29) is 35.8 Å². The zero-order valence-electron chi connectivity index (χ0n) is 14.1. The minimum absolute atomic E-state index is 0.0534. The largest absolute Gasteiger partial charge is 0.338 e. The van der Waals surface area contributed by atoms with E-state index >= 15 is 0 Å². The van der Waals surface area contributed by atoms with Crippen LogP contribution in [-0.4, -0.2) is 66.5 Å². The first-order valence-corrected chi connectivity index (χ1v) is 10.6. The standard InChI is InChI=1S/C16H25N3O4S/c1-18(12-5-3-2-4-6-12)16(21)14-7-8-15(20)19(17-14)13-9-10-24(22,23)11-13/h12-13H,2-11H2,1H3. The minimum Gasteiger partial charge on any atom is -0.338 e. The highest BCUT2D eigenvalue weighted by molar-refractivity contribution is 7.91. The molecule has 0 N–H and O–H groups in total. The van der Waals surface area contributed by atoms with Crippen LogP contribution in [0, 0.1) is 0 Å². The van der Waals surface area contributed by atoms with Gasteiger partial charge in [0.1, 0.15) is 5.71 Å². The second kappa shape index (κ2) is 6.82. The molecular weight excluding hydrogens is 330 g/mol. The summed E-state index contributed by atoms with van der Waals surface area (Å²) in [6.45, 7) is 0. The summed E-state index contributed by atoms with van der Waals surface area (Å²) in [5, 5.41) is 5.53. The molecule has 1 aliphatic carbocycles. The van der Waals surface area contributed by atoms with E-state index in [1.807, 2.05) is 7.05 Å². The minimum atomic E-state index is -3.10. The van der Waals surface area contributed by atoms with E-state index in [9.17, 15) is 18.0 Å². The SMILES string of the molecule is CN(C(=O)C1=NN(C2CCS(=O)(=O)C2)C(=O)CC1)C1CCCCC1. The Hall–Kier alpha value is -1.44. The predicted molar refractivity (Wildman–Crippen MR) is 90.2 cm³/mol. The van der Waals surface area contributed by atoms with E-state index in [0.29, 0.717) is 18.6 Å². The zero-order valence-corrected chi connectivity index (χ0v) is 14.9. The zero-order chi connectivity index (χ0) is 17.3. The van der Waals surface area contributed by atoms with Gasteiger partial charge in [-0.3, -0.25) is 9.59 Å². The average molecular weight is 355 g/mol. The summed E-state index contributed by atoms with van der Waals surface area (Å²) >= 11 is 0. The third-order valence-electron chi connectivity index (χ3n) is 5.30. The van der Waals surface area contributed by atoms with Gasteiger partial charge in [-0.25, -0.2) is 13.4 Å². The molecule has 1 unspecified atom stereocenters. The van der Waals surface area contributed by atoms with Crippen molar-refractivity contribution in [3.8, 4) is 0 Å². The Labute approximate surface area is 143 Å². The summed E-state index contributed by atoms with van der Waals surface area (Å²) in [5.74, 6) is -0.279. The molecule has 2 heterocycles. The van der Waals surface area contributed by atoms with Gasteiger partial charge >= 0.3 is 0 Å². The number of rotatable bonds is 3. The first-order valence-electron chi connectivity index (χ1n) is 8.74. The van der Waals surface area contributed by atoms with Gasteiger partial charge in [0.25, 0.3) is 5.91 Å². The van der Waals surface area contributed by atoms with E-state index in [1.165, 1.54) is 11.4 Å². The van der Waals surface area contributed by atoms with Crippen molar-refractivity contribution < 1.29 is 18.0 Å². The first-order chi connectivity index (χ1) is 11.4. The van der Waals surface area contributed by atoms with Crippen LogP contribution in [0.2, 0.25) is 0 Å². The van der Waals surface area contributed by atoms with Crippen LogP contribution in [0.15, 0.2) is 5.10 Å². The van der Waals surface area contributed by atoms with Crippen LogP contribution in [0.1, 0.15) is 51.4 Å². The molecule has 0 bridgehead atoms. The molecule has 24 heavy (non-hydrogen) atoms. The van der Waals surface area contributed by atoms with Crippen LogP contribution < -0.4 is 0 Å². The Bertz CT molecular complexity index is 652. The fourth-order valence-corrected chi connectivity index (χ4v) is 5.51. The molecule has 3 rings (SSSR count). The lowest BCUT2D eigenvalue weighted by Crippen LogP contribution is -2.46. The summed E-state index contributed by atoms with van der Waals surface area (Å²) in [7, 11) is -1.29. The molecule has 7 nitrogen and oxygen atoms in total. The maximum Gasteiger partial charge on any atom is 0.270 e. The Morgan fingerprint density at radius 3 is 2.50 bits per heavy atom. The Morgan fingerprint density at radius 2 is 1.88 bits per heavy atom. The molecular formula is C16H25N3O4S. The van der Waals surface area contributed by atoms with E-state index in [0.717, 1.165) is 25.7 Å². The molecule has 2 fully saturated rings. The molecule has 0 aromatic rings. The van der Waals surface area contributed by atoms with Crippen molar-refractivity contribution in [1.82, 2.24) is 9.91 Å². The maximum absolute atomic E-state index is 12.7. The second-order valence-electron chi connectivity index (χ2n) is 7.05. The molecule has 0 aromatic heterocycles. The fraction of sp³-hybridized carbons (Fsp3) is 0.812. The number of nitrogens with zero attached hydrogens (tertiary/aromatic N) is 3. The van der Waals surface area contributed by atoms with E-state index in [2.05, 4.69) is 5.10 Å². The Kier molecular flexibility index (Phi) is 4.94. The Morgan fingerprint density at radius 1 is 1.17 bits per heavy atom. The van der Waals surface area contributed by atoms with Crippen molar-refractivity contribution in [2.75, 3.05) is 18.6 Å². The molecule has 1 atom stereocenters. The number of carbonyl (C=O) groups is 2. The van der Waals surface area contributed by atoms with Crippen LogP contribution in [0.5, 0.6) is 0 Å². The van der Waals surface area contributed by atoms with Gasteiger partial charge in [-0.1, -0.05) is 19.3 Å². The summed E-state index contributed by atoms with van der Waals surface area (Å²) < 4.78 is 23.3. The smallest absolute Gasteiger partial charge is 0.270 e. The summed E-state index contributed by atoms with van der Waals surface area (Å²) in [6.07, 6.45) is 6.48. The molecule has 1 saturated heterocycles. The van der Waals surface area contributed by atoms with E-state index < -0.39 is 15.9 Å². The van der Waals surface area contributed by atoms with Crippen LogP contribution in [0.4, 0.5) is 0 Å². The lowest BCUT2D eigenvalue weighted by Gasteiger charge is -2.33. The molecule has 0 spiro atoms. The van der Waals surface area contributed by atoms with Crippen molar-refractivity contribution in [2.24, 2.45) is 5.10 Å². The summed E-state index contributed by atoms with van der Waals surface area (Å²) in [6, 6.07) is -0.183. The molecule has 1 saturated carbocycles. The lowest BCUT2D eigenvalue weighted by atomic mass is 9.94. The van der Waals surface area contributed by atoms with Gasteiger partial charge in [0, 0.05) is 25.9 Å². The number of hydrazone groups is 1. The van der Waals surface area contributed by atoms with Crippen molar-refractivity contribution in [3.05, 3.63) is 0 Å². The number of hydrogen-bond donors (Lipinski definition) is 0. The van der Waals surface area contributed by atoms with Gasteiger partial charge in [-0.2, -0.15) is 5.10 Å². The highest BCUT2D eigenvalue weighted by atomic mass is 32.2. The maximum atomic E-state index is 12.7. The molecule has 8 heteroatoms. The van der Waals surface area contributed by atoms with Crippen LogP contribution in [-0.2, 0) is 19.4 Å². The molecule has 2 amide bonds. The predicted octanol–water partition coefficient (Wildman–Crippen LogP) is 0.943. The number of hydrogen-bond acceptors (Lipinski definition) is 5. The van der Waals surface area contributed by atoms with Gasteiger partial charge in [0.05, 0.1) is 17.5 Å². The summed E-state index contributed by atoms with van der Waals surface area (Å²) in [5.41, 5.74) is 0.381. The van der Waals surface area contributed by atoms with Crippen LogP contribution >= 0.6 is 0 Å². The van der Waals surface area contributed by atoms with Gasteiger partial charge in [0.2, 0.25) is 5.91 Å². The quantitative estimate of drug-likeness (QED) is 0.754. The van der Waals surface area contributed by atoms with E-state index in [4.69, 9.17) is 0 Å². The van der Waals surface area contributed by atoms with Gasteiger partial charge < -0.3 is 4.90 Å². The molecule has 3 aliphatic rings. The topological polar surface area (TPSA) is 87.1 Å².